The van der Waals surface area contributed by atoms with Crippen molar-refractivity contribution in [2.75, 3.05) is 6.54 Å². The minimum atomic E-state index is -0.904. The molecule has 0 radical (unpaired) electrons. The van der Waals surface area contributed by atoms with Gasteiger partial charge in [0.15, 0.2) is 0 Å². The van der Waals surface area contributed by atoms with Crippen molar-refractivity contribution in [3.63, 3.8) is 0 Å². The van der Waals surface area contributed by atoms with Gasteiger partial charge in [-0.05, 0) is 19.4 Å². The van der Waals surface area contributed by atoms with Crippen molar-refractivity contribution in [3.05, 3.63) is 47.3 Å². The number of nitrogens with one attached hydrogen (secondary N) is 1. The van der Waals surface area contributed by atoms with Crippen molar-refractivity contribution < 1.29 is 13.2 Å². The summed E-state index contributed by atoms with van der Waals surface area (Å²) in [5, 5.41) is 3.00. The van der Waals surface area contributed by atoms with E-state index in [1.54, 1.807) is 0 Å². The molecule has 0 aliphatic carbocycles. The molecule has 1 nitrogen and oxygen atoms in total. The predicted octanol–water partition coefficient (Wildman–Crippen LogP) is 4.11. The molecule has 1 rings (SSSR count). The summed E-state index contributed by atoms with van der Waals surface area (Å²) in [7, 11) is 0. The summed E-state index contributed by atoms with van der Waals surface area (Å²) < 4.78 is 40.2. The average molecular weight is 257 g/mol. The van der Waals surface area contributed by atoms with Crippen LogP contribution in [0.2, 0.25) is 0 Å². The molecule has 0 heterocycles. The van der Waals surface area contributed by atoms with Gasteiger partial charge in [-0.25, -0.2) is 13.2 Å². The van der Waals surface area contributed by atoms with Gasteiger partial charge in [-0.15, -0.1) is 0 Å². The maximum absolute atomic E-state index is 13.7. The first-order valence-electron chi connectivity index (χ1n) is 6.04. The van der Waals surface area contributed by atoms with Crippen LogP contribution in [0.1, 0.15) is 38.3 Å². The van der Waals surface area contributed by atoms with Gasteiger partial charge in [0.05, 0.1) is 0 Å². The molecule has 0 spiro atoms. The summed E-state index contributed by atoms with van der Waals surface area (Å²) in [6.45, 7) is 8.19. The van der Waals surface area contributed by atoms with E-state index in [0.717, 1.165) is 12.0 Å². The molecule has 0 bridgehead atoms. The Morgan fingerprint density at radius 3 is 2.22 bits per heavy atom. The lowest BCUT2D eigenvalue weighted by molar-refractivity contribution is 0.459. The maximum Gasteiger partial charge on any atom is 0.133 e. The third kappa shape index (κ3) is 3.60. The van der Waals surface area contributed by atoms with Gasteiger partial charge in [0.1, 0.15) is 17.5 Å². The first-order valence-corrected chi connectivity index (χ1v) is 6.04. The van der Waals surface area contributed by atoms with E-state index in [9.17, 15) is 13.2 Å². The Kier molecular flexibility index (Phi) is 5.41. The Hall–Kier alpha value is -1.29. The minimum absolute atomic E-state index is 0.118. The molecule has 0 amide bonds. The van der Waals surface area contributed by atoms with Gasteiger partial charge in [0.25, 0.3) is 0 Å². The van der Waals surface area contributed by atoms with Crippen molar-refractivity contribution in [2.24, 2.45) is 0 Å². The highest BCUT2D eigenvalue weighted by atomic mass is 19.1. The van der Waals surface area contributed by atoms with Crippen molar-refractivity contribution in [1.29, 1.82) is 0 Å². The van der Waals surface area contributed by atoms with E-state index < -0.39 is 23.5 Å². The van der Waals surface area contributed by atoms with E-state index in [1.165, 1.54) is 0 Å². The van der Waals surface area contributed by atoms with Crippen LogP contribution in [0.5, 0.6) is 0 Å². The van der Waals surface area contributed by atoms with Gasteiger partial charge >= 0.3 is 0 Å². The smallest absolute Gasteiger partial charge is 0.133 e. The van der Waals surface area contributed by atoms with Gasteiger partial charge in [-0.2, -0.15) is 0 Å². The largest absolute Gasteiger partial charge is 0.310 e. The molecule has 100 valence electrons. The molecule has 1 aromatic rings. The van der Waals surface area contributed by atoms with Crippen LogP contribution in [0.15, 0.2) is 24.3 Å². The van der Waals surface area contributed by atoms with E-state index in [-0.39, 0.29) is 5.56 Å². The Labute approximate surface area is 106 Å². The second-order valence-corrected chi connectivity index (χ2v) is 4.20. The first kappa shape index (κ1) is 14.8. The molecule has 0 aliphatic rings. The quantitative estimate of drug-likeness (QED) is 0.756. The summed E-state index contributed by atoms with van der Waals surface area (Å²) in [6.07, 6.45) is 1.18. The van der Waals surface area contributed by atoms with Crippen LogP contribution in [-0.2, 0) is 0 Å². The van der Waals surface area contributed by atoms with Gasteiger partial charge in [-0.3, -0.25) is 0 Å². The summed E-state index contributed by atoms with van der Waals surface area (Å²) in [6, 6.07) is 0.901. The van der Waals surface area contributed by atoms with Crippen LogP contribution in [-0.4, -0.2) is 6.54 Å². The third-order valence-electron chi connectivity index (χ3n) is 2.84. The Balaban J connectivity index is 3.09. The molecule has 1 unspecified atom stereocenters. The molecule has 0 saturated carbocycles. The summed E-state index contributed by atoms with van der Waals surface area (Å²) in [5.41, 5.74) is 0.775. The van der Waals surface area contributed by atoms with E-state index in [4.69, 9.17) is 0 Å². The molecular weight excluding hydrogens is 239 g/mol. The fraction of sp³-hybridized carbons (Fsp3) is 0.429. The molecule has 18 heavy (non-hydrogen) atoms. The predicted molar refractivity (Wildman–Crippen MR) is 66.8 cm³/mol. The zero-order chi connectivity index (χ0) is 13.7. The lowest BCUT2D eigenvalue weighted by Crippen LogP contribution is -2.23. The number of halogens is 3. The van der Waals surface area contributed by atoms with Crippen molar-refractivity contribution in [1.82, 2.24) is 5.32 Å². The fourth-order valence-electron chi connectivity index (χ4n) is 1.84. The molecule has 0 aliphatic heterocycles. The van der Waals surface area contributed by atoms with Gasteiger partial charge in [-0.1, -0.05) is 26.0 Å². The molecule has 1 aromatic carbocycles. The van der Waals surface area contributed by atoms with Crippen LogP contribution >= 0.6 is 0 Å². The molecule has 4 heteroatoms. The van der Waals surface area contributed by atoms with E-state index in [0.29, 0.717) is 25.1 Å². The number of hydrogen-bond donors (Lipinski definition) is 1. The van der Waals surface area contributed by atoms with Crippen molar-refractivity contribution >= 4 is 0 Å². The van der Waals surface area contributed by atoms with E-state index in [1.807, 2.05) is 13.8 Å². The van der Waals surface area contributed by atoms with Gasteiger partial charge < -0.3 is 5.32 Å². The topological polar surface area (TPSA) is 12.0 Å². The highest BCUT2D eigenvalue weighted by Gasteiger charge is 2.21. The Morgan fingerprint density at radius 2 is 1.78 bits per heavy atom. The average Bonchev–Trinajstić information content (AvgIpc) is 2.27. The van der Waals surface area contributed by atoms with Crippen LogP contribution in [0.4, 0.5) is 13.2 Å². The van der Waals surface area contributed by atoms with Crippen LogP contribution in [0, 0.1) is 17.5 Å². The second-order valence-electron chi connectivity index (χ2n) is 4.20. The maximum atomic E-state index is 13.7. The highest BCUT2D eigenvalue weighted by Crippen LogP contribution is 2.27. The minimum Gasteiger partial charge on any atom is -0.310 e. The van der Waals surface area contributed by atoms with Gasteiger partial charge in [0.2, 0.25) is 0 Å². The molecule has 1 atom stereocenters. The highest BCUT2D eigenvalue weighted by molar-refractivity contribution is 5.25. The molecule has 0 saturated heterocycles. The monoisotopic (exact) mass is 257 g/mol. The fourth-order valence-corrected chi connectivity index (χ4v) is 1.84. The van der Waals surface area contributed by atoms with Crippen molar-refractivity contribution in [3.8, 4) is 0 Å². The summed E-state index contributed by atoms with van der Waals surface area (Å²) in [4.78, 5) is 0. The summed E-state index contributed by atoms with van der Waals surface area (Å²) in [5.74, 6) is -2.62. The van der Waals surface area contributed by atoms with Crippen molar-refractivity contribution in [2.45, 2.75) is 32.7 Å². The number of hydrogen-bond acceptors (Lipinski definition) is 1. The molecule has 1 N–H and O–H groups in total. The molecular formula is C14H18F3N. The lowest BCUT2D eigenvalue weighted by Gasteiger charge is -2.20. The Bertz CT molecular complexity index is 406. The second kappa shape index (κ2) is 6.59. The first-order chi connectivity index (χ1) is 8.49. The Morgan fingerprint density at radius 1 is 1.22 bits per heavy atom. The number of benzene rings is 1. The van der Waals surface area contributed by atoms with E-state index >= 15 is 0 Å². The zero-order valence-electron chi connectivity index (χ0n) is 10.7. The van der Waals surface area contributed by atoms with E-state index in [2.05, 4.69) is 11.9 Å². The van der Waals surface area contributed by atoms with Crippen LogP contribution < -0.4 is 5.32 Å². The standard InChI is InChI=1S/C14H18F3N/c1-4-9(3)6-13(18-5-2)14-11(16)7-10(15)8-12(14)17/h7-8,13,18H,3-6H2,1-2H3. The molecule has 0 fully saturated rings. The zero-order valence-corrected chi connectivity index (χ0v) is 10.7. The third-order valence-corrected chi connectivity index (χ3v) is 2.84. The summed E-state index contributed by atoms with van der Waals surface area (Å²) >= 11 is 0. The normalized spacial score (nSPS) is 12.5. The number of rotatable bonds is 6. The SMILES string of the molecule is C=C(CC)CC(NCC)c1c(F)cc(F)cc1F. The lowest BCUT2D eigenvalue weighted by atomic mass is 9.97. The molecule has 0 aromatic heterocycles. The van der Waals surface area contributed by atoms with Crippen LogP contribution in [0.25, 0.3) is 0 Å². The van der Waals surface area contributed by atoms with Gasteiger partial charge in [0, 0.05) is 23.7 Å². The van der Waals surface area contributed by atoms with Crippen LogP contribution in [0.3, 0.4) is 0 Å².